The summed E-state index contributed by atoms with van der Waals surface area (Å²) in [5.74, 6) is 1.37. The lowest BCUT2D eigenvalue weighted by molar-refractivity contribution is -0.119. The van der Waals surface area contributed by atoms with E-state index in [0.717, 1.165) is 36.2 Å². The van der Waals surface area contributed by atoms with Crippen LogP contribution in [0.25, 0.3) is 0 Å². The third-order valence-electron chi connectivity index (χ3n) is 5.46. The summed E-state index contributed by atoms with van der Waals surface area (Å²) in [6.07, 6.45) is 2.95. The van der Waals surface area contributed by atoms with Crippen molar-refractivity contribution < 1.29 is 23.8 Å². The molecule has 2 amide bonds. The Bertz CT molecular complexity index is 943. The number of anilines is 2. The van der Waals surface area contributed by atoms with Crippen LogP contribution in [0.1, 0.15) is 34.3 Å². The zero-order chi connectivity index (χ0) is 20.5. The molecule has 0 spiro atoms. The fourth-order valence-electron chi connectivity index (χ4n) is 4.14. The van der Waals surface area contributed by atoms with Crippen LogP contribution in [0.4, 0.5) is 11.4 Å². The summed E-state index contributed by atoms with van der Waals surface area (Å²) in [7, 11) is 4.60. The van der Waals surface area contributed by atoms with E-state index in [-0.39, 0.29) is 11.8 Å². The Morgan fingerprint density at radius 2 is 1.59 bits per heavy atom. The van der Waals surface area contributed by atoms with Gasteiger partial charge in [0.25, 0.3) is 5.91 Å². The molecule has 29 heavy (non-hydrogen) atoms. The highest BCUT2D eigenvalue weighted by Crippen LogP contribution is 2.40. The van der Waals surface area contributed by atoms with Crippen LogP contribution in [-0.2, 0) is 17.6 Å². The van der Waals surface area contributed by atoms with Crippen molar-refractivity contribution in [2.45, 2.75) is 25.7 Å². The maximum Gasteiger partial charge on any atom is 0.255 e. The zero-order valence-corrected chi connectivity index (χ0v) is 16.8. The summed E-state index contributed by atoms with van der Waals surface area (Å²) in [4.78, 5) is 27.1. The molecule has 2 aromatic carbocycles. The van der Waals surface area contributed by atoms with Gasteiger partial charge in [-0.25, -0.2) is 0 Å². The highest BCUT2D eigenvalue weighted by Gasteiger charge is 2.30. The number of carbonyl (C=O) groups excluding carboxylic acids is 2. The minimum Gasteiger partial charge on any atom is -0.493 e. The molecular formula is C22H24N2O5. The van der Waals surface area contributed by atoms with Crippen LogP contribution in [0.3, 0.4) is 0 Å². The summed E-state index contributed by atoms with van der Waals surface area (Å²) in [5, 5.41) is 2.92. The fourth-order valence-corrected chi connectivity index (χ4v) is 4.14. The van der Waals surface area contributed by atoms with Gasteiger partial charge in [-0.3, -0.25) is 9.59 Å². The highest BCUT2D eigenvalue weighted by atomic mass is 16.5. The number of methoxy groups -OCH3 is 3. The van der Waals surface area contributed by atoms with Gasteiger partial charge in [0, 0.05) is 36.3 Å². The first-order valence-electron chi connectivity index (χ1n) is 9.63. The number of hydrogen-bond donors (Lipinski definition) is 1. The van der Waals surface area contributed by atoms with Gasteiger partial charge in [-0.2, -0.15) is 0 Å². The molecule has 1 N–H and O–H groups in total. The molecular weight excluding hydrogens is 372 g/mol. The van der Waals surface area contributed by atoms with Crippen molar-refractivity contribution in [3.05, 3.63) is 41.0 Å². The molecule has 2 aromatic rings. The topological polar surface area (TPSA) is 77.1 Å². The molecule has 0 saturated heterocycles. The Labute approximate surface area is 169 Å². The predicted octanol–water partition coefficient (Wildman–Crippen LogP) is 3.19. The first-order valence-corrected chi connectivity index (χ1v) is 9.63. The molecule has 0 aromatic heterocycles. The number of nitrogens with one attached hydrogen (secondary N) is 1. The van der Waals surface area contributed by atoms with Crippen LogP contribution in [0, 0.1) is 0 Å². The third kappa shape index (κ3) is 3.37. The van der Waals surface area contributed by atoms with Crippen molar-refractivity contribution in [2.75, 3.05) is 38.1 Å². The molecule has 0 atom stereocenters. The molecule has 2 aliphatic rings. The number of benzene rings is 2. The Morgan fingerprint density at radius 1 is 0.931 bits per heavy atom. The molecule has 0 aliphatic carbocycles. The van der Waals surface area contributed by atoms with E-state index in [4.69, 9.17) is 14.2 Å². The molecule has 0 unspecified atom stereocenters. The number of ether oxygens (including phenoxy) is 3. The van der Waals surface area contributed by atoms with Crippen molar-refractivity contribution in [1.29, 1.82) is 0 Å². The summed E-state index contributed by atoms with van der Waals surface area (Å²) in [6.45, 7) is 0.760. The SMILES string of the molecule is COc1cc(NC(=O)c2cc3c4c(c2)CCC(=O)N4CCC3)cc(OC)c1OC. The van der Waals surface area contributed by atoms with Gasteiger partial charge in [-0.15, -0.1) is 0 Å². The minimum absolute atomic E-state index is 0.174. The lowest BCUT2D eigenvalue weighted by Gasteiger charge is -2.35. The van der Waals surface area contributed by atoms with E-state index in [9.17, 15) is 9.59 Å². The maximum atomic E-state index is 13.0. The molecule has 7 heteroatoms. The maximum absolute atomic E-state index is 13.0. The van der Waals surface area contributed by atoms with Gasteiger partial charge in [-0.05, 0) is 42.5 Å². The van der Waals surface area contributed by atoms with Gasteiger partial charge in [0.1, 0.15) is 0 Å². The predicted molar refractivity (Wildman–Crippen MR) is 109 cm³/mol. The summed E-state index contributed by atoms with van der Waals surface area (Å²) < 4.78 is 16.0. The second-order valence-electron chi connectivity index (χ2n) is 7.16. The number of aryl methyl sites for hydroxylation is 2. The lowest BCUT2D eigenvalue weighted by atomic mass is 9.89. The molecule has 0 bridgehead atoms. The zero-order valence-electron chi connectivity index (χ0n) is 16.8. The van der Waals surface area contributed by atoms with E-state index < -0.39 is 0 Å². The van der Waals surface area contributed by atoms with Gasteiger partial charge < -0.3 is 24.4 Å². The van der Waals surface area contributed by atoms with Gasteiger partial charge in [-0.1, -0.05) is 0 Å². The average Bonchev–Trinajstić information content (AvgIpc) is 2.75. The molecule has 2 heterocycles. The van der Waals surface area contributed by atoms with Crippen molar-refractivity contribution in [2.24, 2.45) is 0 Å². The minimum atomic E-state index is -0.215. The molecule has 0 radical (unpaired) electrons. The van der Waals surface area contributed by atoms with E-state index in [1.54, 1.807) is 12.1 Å². The number of amides is 2. The number of hydrogen-bond acceptors (Lipinski definition) is 5. The first kappa shape index (κ1) is 19.1. The van der Waals surface area contributed by atoms with E-state index in [0.29, 0.717) is 41.3 Å². The van der Waals surface area contributed by atoms with Gasteiger partial charge in [0.2, 0.25) is 11.7 Å². The van der Waals surface area contributed by atoms with E-state index >= 15 is 0 Å². The number of rotatable bonds is 5. The molecule has 0 fully saturated rings. The van der Waals surface area contributed by atoms with Crippen molar-refractivity contribution in [3.63, 3.8) is 0 Å². The van der Waals surface area contributed by atoms with Crippen LogP contribution >= 0.6 is 0 Å². The second-order valence-corrected chi connectivity index (χ2v) is 7.16. The smallest absolute Gasteiger partial charge is 0.255 e. The Morgan fingerprint density at radius 3 is 2.21 bits per heavy atom. The largest absolute Gasteiger partial charge is 0.493 e. The van der Waals surface area contributed by atoms with Crippen LogP contribution in [0.5, 0.6) is 17.2 Å². The Balaban J connectivity index is 1.66. The Kier molecular flexibility index (Phi) is 5.05. The fraction of sp³-hybridized carbons (Fsp3) is 0.364. The summed E-state index contributed by atoms with van der Waals surface area (Å²) >= 11 is 0. The van der Waals surface area contributed by atoms with E-state index in [1.165, 1.54) is 21.3 Å². The summed E-state index contributed by atoms with van der Waals surface area (Å²) in [5.41, 5.74) is 4.28. The molecule has 152 valence electrons. The molecule has 2 aliphatic heterocycles. The third-order valence-corrected chi connectivity index (χ3v) is 5.46. The normalized spacial score (nSPS) is 14.9. The van der Waals surface area contributed by atoms with Crippen molar-refractivity contribution in [3.8, 4) is 17.2 Å². The quantitative estimate of drug-likeness (QED) is 0.840. The van der Waals surface area contributed by atoms with Gasteiger partial charge in [0.15, 0.2) is 11.5 Å². The molecule has 0 saturated carbocycles. The standard InChI is InChI=1S/C22H24N2O5/c1-27-17-11-16(12-18(28-2)21(17)29-3)23-22(26)15-9-13-5-4-8-24-19(25)7-6-14(10-15)20(13)24/h9-12H,4-8H2,1-3H3,(H,23,26). The van der Waals surface area contributed by atoms with Crippen molar-refractivity contribution in [1.82, 2.24) is 0 Å². The molecule has 7 nitrogen and oxygen atoms in total. The second kappa shape index (κ2) is 7.66. The van der Waals surface area contributed by atoms with Crippen LogP contribution in [-0.4, -0.2) is 39.7 Å². The summed E-state index contributed by atoms with van der Waals surface area (Å²) in [6, 6.07) is 7.19. The van der Waals surface area contributed by atoms with Crippen molar-refractivity contribution >= 4 is 23.2 Å². The first-order chi connectivity index (χ1) is 14.0. The van der Waals surface area contributed by atoms with Crippen LogP contribution < -0.4 is 24.4 Å². The number of carbonyl (C=O) groups is 2. The average molecular weight is 396 g/mol. The van der Waals surface area contributed by atoms with Gasteiger partial charge >= 0.3 is 0 Å². The van der Waals surface area contributed by atoms with Crippen LogP contribution in [0.2, 0.25) is 0 Å². The molecule has 4 rings (SSSR count). The number of nitrogens with zero attached hydrogens (tertiary/aromatic N) is 1. The van der Waals surface area contributed by atoms with Gasteiger partial charge in [0.05, 0.1) is 27.0 Å². The monoisotopic (exact) mass is 396 g/mol. The lowest BCUT2D eigenvalue weighted by Crippen LogP contribution is -2.39. The van der Waals surface area contributed by atoms with Crippen LogP contribution in [0.15, 0.2) is 24.3 Å². The van der Waals surface area contributed by atoms with E-state index in [1.807, 2.05) is 17.0 Å². The highest BCUT2D eigenvalue weighted by molar-refractivity contribution is 6.06. The Hall–Kier alpha value is -3.22. The van der Waals surface area contributed by atoms with E-state index in [2.05, 4.69) is 5.32 Å².